The van der Waals surface area contributed by atoms with Crippen molar-refractivity contribution in [1.82, 2.24) is 4.31 Å². The predicted octanol–water partition coefficient (Wildman–Crippen LogP) is 1.18. The van der Waals surface area contributed by atoms with Crippen molar-refractivity contribution in [2.45, 2.75) is 25.7 Å². The number of carbonyl (C=O) groups is 1. The van der Waals surface area contributed by atoms with E-state index in [0.717, 1.165) is 17.1 Å². The number of alkyl halides is 1. The van der Waals surface area contributed by atoms with Gasteiger partial charge in [0.1, 0.15) is 6.00 Å². The molecule has 0 fully saturated rings. The Kier molecular flexibility index (Phi) is 2.31. The first-order valence-electron chi connectivity index (χ1n) is 4.44. The van der Waals surface area contributed by atoms with Crippen LogP contribution in [0.15, 0.2) is 10.5 Å². The molecule has 0 aromatic heterocycles. The maximum Gasteiger partial charge on any atom is 0.265 e. The van der Waals surface area contributed by atoms with Crippen molar-refractivity contribution < 1.29 is 13.2 Å². The van der Waals surface area contributed by atoms with Gasteiger partial charge in [-0.3, -0.25) is 4.79 Å². The lowest BCUT2D eigenvalue weighted by molar-refractivity contribution is -0.121. The van der Waals surface area contributed by atoms with Crippen LogP contribution in [0.1, 0.15) is 25.7 Å². The molecule has 0 spiro atoms. The number of halogens is 1. The van der Waals surface area contributed by atoms with Gasteiger partial charge in [0.05, 0.1) is 4.91 Å². The summed E-state index contributed by atoms with van der Waals surface area (Å²) in [6.45, 7) is 0. The fraction of sp³-hybridized carbons (Fsp3) is 0.625. The molecule has 1 aliphatic carbocycles. The lowest BCUT2D eigenvalue weighted by Gasteiger charge is -2.11. The third-order valence-electron chi connectivity index (χ3n) is 2.61. The zero-order chi connectivity index (χ0) is 10.3. The maximum absolute atomic E-state index is 11.7. The molecule has 78 valence electrons. The number of sulfonamides is 1. The van der Waals surface area contributed by atoms with Gasteiger partial charge in [0.2, 0.25) is 0 Å². The van der Waals surface area contributed by atoms with Crippen LogP contribution in [0, 0.1) is 0 Å². The zero-order valence-corrected chi connectivity index (χ0v) is 9.07. The molecule has 0 atom stereocenters. The molecule has 0 saturated heterocycles. The summed E-state index contributed by atoms with van der Waals surface area (Å²) in [7, 11) is -3.56. The summed E-state index contributed by atoms with van der Waals surface area (Å²) in [6, 6.07) is -0.284. The molecular weight excluding hydrogens is 226 g/mol. The Balaban J connectivity index is 2.53. The van der Waals surface area contributed by atoms with Crippen LogP contribution < -0.4 is 0 Å². The van der Waals surface area contributed by atoms with Crippen LogP contribution in [-0.2, 0) is 14.8 Å². The van der Waals surface area contributed by atoms with Crippen LogP contribution in [0.25, 0.3) is 0 Å². The number of nitrogens with zero attached hydrogens (tertiary/aromatic N) is 1. The van der Waals surface area contributed by atoms with Gasteiger partial charge < -0.3 is 0 Å². The fourth-order valence-corrected chi connectivity index (χ4v) is 4.02. The number of hydrogen-bond donors (Lipinski definition) is 0. The van der Waals surface area contributed by atoms with Gasteiger partial charge >= 0.3 is 0 Å². The number of hydrogen-bond acceptors (Lipinski definition) is 3. The highest BCUT2D eigenvalue weighted by Crippen LogP contribution is 2.37. The number of amides is 1. The molecular formula is C8H10ClNO3S. The second-order valence-corrected chi connectivity index (χ2v) is 5.51. The number of allylic oxidation sites excluding steroid dienone is 1. The summed E-state index contributed by atoms with van der Waals surface area (Å²) in [5, 5.41) is 0. The summed E-state index contributed by atoms with van der Waals surface area (Å²) < 4.78 is 24.2. The highest BCUT2D eigenvalue weighted by Gasteiger charge is 2.43. The number of rotatable bonds is 1. The molecule has 0 bridgehead atoms. The van der Waals surface area contributed by atoms with E-state index < -0.39 is 15.9 Å². The van der Waals surface area contributed by atoms with Crippen LogP contribution in [-0.4, -0.2) is 24.6 Å². The minimum Gasteiger partial charge on any atom is -0.268 e. The van der Waals surface area contributed by atoms with Crippen LogP contribution >= 0.6 is 11.6 Å². The van der Waals surface area contributed by atoms with E-state index in [1.165, 1.54) is 0 Å². The van der Waals surface area contributed by atoms with Crippen molar-refractivity contribution in [1.29, 1.82) is 0 Å². The fourth-order valence-electron chi connectivity index (χ4n) is 1.90. The van der Waals surface area contributed by atoms with Crippen molar-refractivity contribution in [2.75, 3.05) is 6.00 Å². The third-order valence-corrected chi connectivity index (χ3v) is 4.94. The highest BCUT2D eigenvalue weighted by molar-refractivity contribution is 7.94. The van der Waals surface area contributed by atoms with E-state index in [2.05, 4.69) is 0 Å². The van der Waals surface area contributed by atoms with Crippen molar-refractivity contribution in [3.8, 4) is 0 Å². The van der Waals surface area contributed by atoms with E-state index in [9.17, 15) is 13.2 Å². The van der Waals surface area contributed by atoms with Gasteiger partial charge in [0, 0.05) is 5.57 Å². The minimum absolute atomic E-state index is 0.284. The quantitative estimate of drug-likeness (QED) is 0.507. The Hall–Kier alpha value is -0.550. The second kappa shape index (κ2) is 3.24. The molecule has 1 amide bonds. The van der Waals surface area contributed by atoms with Gasteiger partial charge in [-0.05, 0) is 25.7 Å². The third kappa shape index (κ3) is 1.19. The molecule has 0 unspecified atom stereocenters. The first kappa shape index (κ1) is 9.98. The van der Waals surface area contributed by atoms with E-state index in [1.807, 2.05) is 0 Å². The van der Waals surface area contributed by atoms with Gasteiger partial charge in [0.15, 0.2) is 0 Å². The van der Waals surface area contributed by atoms with Crippen molar-refractivity contribution in [3.05, 3.63) is 10.5 Å². The summed E-state index contributed by atoms with van der Waals surface area (Å²) >= 11 is 5.45. The van der Waals surface area contributed by atoms with E-state index in [0.29, 0.717) is 23.3 Å². The van der Waals surface area contributed by atoms with Crippen LogP contribution in [0.4, 0.5) is 0 Å². The monoisotopic (exact) mass is 235 g/mol. The molecule has 4 nitrogen and oxygen atoms in total. The Morgan fingerprint density at radius 1 is 1.29 bits per heavy atom. The van der Waals surface area contributed by atoms with E-state index in [4.69, 9.17) is 11.6 Å². The summed E-state index contributed by atoms with van der Waals surface area (Å²) in [6.07, 6.45) is 2.77. The Morgan fingerprint density at radius 3 is 2.50 bits per heavy atom. The zero-order valence-electron chi connectivity index (χ0n) is 7.49. The molecule has 0 N–H and O–H groups in total. The summed E-state index contributed by atoms with van der Waals surface area (Å²) in [4.78, 5) is 11.9. The van der Waals surface area contributed by atoms with Crippen LogP contribution in [0.5, 0.6) is 0 Å². The molecule has 2 aliphatic rings. The Bertz CT molecular complexity index is 412. The first-order chi connectivity index (χ1) is 6.59. The van der Waals surface area contributed by atoms with Gasteiger partial charge in [-0.2, -0.15) is 0 Å². The van der Waals surface area contributed by atoms with Crippen LogP contribution in [0.2, 0.25) is 0 Å². The first-order valence-corrected chi connectivity index (χ1v) is 6.41. The van der Waals surface area contributed by atoms with Gasteiger partial charge in [-0.15, -0.1) is 11.6 Å². The van der Waals surface area contributed by atoms with Gasteiger partial charge in [0.25, 0.3) is 15.9 Å². The average Bonchev–Trinajstić information content (AvgIpc) is 2.36. The Labute approximate surface area is 87.6 Å². The molecule has 14 heavy (non-hydrogen) atoms. The topological polar surface area (TPSA) is 54.5 Å². The molecule has 0 aromatic rings. The Morgan fingerprint density at radius 2 is 1.93 bits per heavy atom. The maximum atomic E-state index is 11.7. The minimum atomic E-state index is -3.56. The standard InChI is InChI=1S/C8H10ClNO3S/c9-5-10-8(11)6-3-1-2-4-7(6)14(10,12)13/h1-5H2. The molecule has 6 heteroatoms. The van der Waals surface area contributed by atoms with Crippen molar-refractivity contribution in [2.24, 2.45) is 0 Å². The molecule has 2 rings (SSSR count). The van der Waals surface area contributed by atoms with Gasteiger partial charge in [-0.25, -0.2) is 12.7 Å². The lowest BCUT2D eigenvalue weighted by atomic mass is 9.99. The molecule has 1 aliphatic heterocycles. The SMILES string of the molecule is O=C1C2=C(CCCC2)S(=O)(=O)N1CCl. The normalized spacial score (nSPS) is 25.5. The molecule has 0 aromatic carbocycles. The average molecular weight is 236 g/mol. The van der Waals surface area contributed by atoms with E-state index >= 15 is 0 Å². The molecule has 0 radical (unpaired) electrons. The van der Waals surface area contributed by atoms with Crippen LogP contribution in [0.3, 0.4) is 0 Å². The number of carbonyl (C=O) groups excluding carboxylic acids is 1. The summed E-state index contributed by atoms with van der Waals surface area (Å²) in [5.41, 5.74) is 0.455. The van der Waals surface area contributed by atoms with Gasteiger partial charge in [-0.1, -0.05) is 0 Å². The molecule has 1 heterocycles. The predicted molar refractivity (Wildman–Crippen MR) is 52.0 cm³/mol. The lowest BCUT2D eigenvalue weighted by Crippen LogP contribution is -2.30. The van der Waals surface area contributed by atoms with E-state index in [-0.39, 0.29) is 6.00 Å². The van der Waals surface area contributed by atoms with Crippen molar-refractivity contribution >= 4 is 27.5 Å². The van der Waals surface area contributed by atoms with Crippen molar-refractivity contribution in [3.63, 3.8) is 0 Å². The molecule has 0 saturated carbocycles. The second-order valence-electron chi connectivity index (χ2n) is 3.39. The highest BCUT2D eigenvalue weighted by atomic mass is 35.5. The van der Waals surface area contributed by atoms with E-state index in [1.54, 1.807) is 0 Å². The smallest absolute Gasteiger partial charge is 0.265 e. The largest absolute Gasteiger partial charge is 0.268 e. The summed E-state index contributed by atoms with van der Waals surface area (Å²) in [5.74, 6) is -0.422.